The number of aliphatic carboxylic acids is 1. The second-order valence-corrected chi connectivity index (χ2v) is 4.88. The van der Waals surface area contributed by atoms with Crippen molar-refractivity contribution in [3.63, 3.8) is 0 Å². The number of rotatable bonds is 6. The predicted molar refractivity (Wildman–Crippen MR) is 70.7 cm³/mol. The lowest BCUT2D eigenvalue weighted by Crippen LogP contribution is -2.47. The van der Waals surface area contributed by atoms with Gasteiger partial charge in [-0.15, -0.1) is 0 Å². The lowest BCUT2D eigenvalue weighted by Gasteiger charge is -2.27. The first-order valence-electron chi connectivity index (χ1n) is 6.42. The minimum Gasteiger partial charge on any atom is -0.480 e. The zero-order valence-corrected chi connectivity index (χ0v) is 10.6. The van der Waals surface area contributed by atoms with Crippen molar-refractivity contribution in [3.05, 3.63) is 35.9 Å². The molecule has 0 aliphatic carbocycles. The van der Waals surface area contributed by atoms with Crippen LogP contribution in [0.25, 0.3) is 0 Å². The number of benzene rings is 1. The van der Waals surface area contributed by atoms with Crippen LogP contribution in [0.3, 0.4) is 0 Å². The van der Waals surface area contributed by atoms with Gasteiger partial charge >= 0.3 is 5.97 Å². The van der Waals surface area contributed by atoms with Gasteiger partial charge in [0.05, 0.1) is 0 Å². The first-order chi connectivity index (χ1) is 9.15. The minimum absolute atomic E-state index is 0.185. The Morgan fingerprint density at radius 3 is 2.53 bits per heavy atom. The normalized spacial score (nSPS) is 16.4. The molecule has 1 aliphatic heterocycles. The Labute approximate surface area is 112 Å². The summed E-state index contributed by atoms with van der Waals surface area (Å²) in [5, 5.41) is 14.8. The molecule has 0 radical (unpaired) electrons. The van der Waals surface area contributed by atoms with Gasteiger partial charge < -0.3 is 15.7 Å². The fraction of sp³-hybridized carbons (Fsp3) is 0.429. The van der Waals surface area contributed by atoms with Crippen molar-refractivity contribution in [1.82, 2.24) is 10.6 Å². The Kier molecular flexibility index (Phi) is 4.52. The van der Waals surface area contributed by atoms with E-state index in [1.54, 1.807) is 0 Å². The second kappa shape index (κ2) is 6.33. The van der Waals surface area contributed by atoms with Crippen molar-refractivity contribution in [1.29, 1.82) is 0 Å². The van der Waals surface area contributed by atoms with E-state index in [2.05, 4.69) is 10.6 Å². The van der Waals surface area contributed by atoms with Crippen LogP contribution in [0.4, 0.5) is 0 Å². The molecular weight excluding hydrogens is 244 g/mol. The number of carbonyl (C=O) groups excluding carboxylic acids is 1. The summed E-state index contributed by atoms with van der Waals surface area (Å²) in [5.41, 5.74) is 0.903. The highest BCUT2D eigenvalue weighted by molar-refractivity contribution is 5.83. The smallest absolute Gasteiger partial charge is 0.326 e. The van der Waals surface area contributed by atoms with Gasteiger partial charge in [0, 0.05) is 12.8 Å². The van der Waals surface area contributed by atoms with Crippen molar-refractivity contribution in [2.24, 2.45) is 5.92 Å². The van der Waals surface area contributed by atoms with Gasteiger partial charge in [-0.1, -0.05) is 30.3 Å². The van der Waals surface area contributed by atoms with Crippen LogP contribution in [-0.4, -0.2) is 36.1 Å². The molecule has 5 heteroatoms. The summed E-state index contributed by atoms with van der Waals surface area (Å²) in [4.78, 5) is 22.9. The summed E-state index contributed by atoms with van der Waals surface area (Å²) in [5.74, 6) is -0.843. The molecule has 1 heterocycles. The summed E-state index contributed by atoms with van der Waals surface area (Å²) >= 11 is 0. The first kappa shape index (κ1) is 13.5. The summed E-state index contributed by atoms with van der Waals surface area (Å²) in [7, 11) is 0. The van der Waals surface area contributed by atoms with E-state index in [0.717, 1.165) is 18.7 Å². The van der Waals surface area contributed by atoms with Gasteiger partial charge in [-0.05, 0) is 24.6 Å². The maximum atomic E-state index is 11.7. The zero-order chi connectivity index (χ0) is 13.7. The molecule has 1 saturated heterocycles. The molecule has 19 heavy (non-hydrogen) atoms. The van der Waals surface area contributed by atoms with Gasteiger partial charge in [0.25, 0.3) is 0 Å². The Bertz CT molecular complexity index is 443. The third-order valence-corrected chi connectivity index (χ3v) is 3.26. The Hall–Kier alpha value is -1.88. The molecule has 2 rings (SSSR count). The van der Waals surface area contributed by atoms with E-state index in [1.807, 2.05) is 30.3 Å². The molecule has 1 aliphatic rings. The molecule has 1 amide bonds. The monoisotopic (exact) mass is 262 g/mol. The van der Waals surface area contributed by atoms with E-state index >= 15 is 0 Å². The van der Waals surface area contributed by atoms with Gasteiger partial charge in [0.2, 0.25) is 5.91 Å². The van der Waals surface area contributed by atoms with E-state index < -0.39 is 12.0 Å². The number of hydrogen-bond donors (Lipinski definition) is 3. The summed E-state index contributed by atoms with van der Waals surface area (Å²) in [6.07, 6.45) is 0.705. The first-order valence-corrected chi connectivity index (χ1v) is 6.42. The summed E-state index contributed by atoms with van der Waals surface area (Å²) in [6.45, 7) is 1.67. The Morgan fingerprint density at radius 2 is 2.00 bits per heavy atom. The van der Waals surface area contributed by atoms with Crippen molar-refractivity contribution in [2.45, 2.75) is 18.9 Å². The van der Waals surface area contributed by atoms with Crippen LogP contribution < -0.4 is 10.6 Å². The van der Waals surface area contributed by atoms with E-state index in [9.17, 15) is 9.59 Å². The molecular formula is C14H18N2O3. The van der Waals surface area contributed by atoms with Gasteiger partial charge in [-0.2, -0.15) is 0 Å². The van der Waals surface area contributed by atoms with Gasteiger partial charge in [0.15, 0.2) is 0 Å². The molecule has 102 valence electrons. The molecule has 0 bridgehead atoms. The minimum atomic E-state index is -0.996. The zero-order valence-electron chi connectivity index (χ0n) is 10.6. The van der Waals surface area contributed by atoms with Crippen molar-refractivity contribution >= 4 is 11.9 Å². The molecule has 0 unspecified atom stereocenters. The third kappa shape index (κ3) is 4.06. The van der Waals surface area contributed by atoms with Gasteiger partial charge in [0.1, 0.15) is 6.04 Å². The molecule has 1 aromatic carbocycles. The lowest BCUT2D eigenvalue weighted by atomic mass is 9.98. The Morgan fingerprint density at radius 1 is 1.32 bits per heavy atom. The summed E-state index contributed by atoms with van der Waals surface area (Å²) < 4.78 is 0. The third-order valence-electron chi connectivity index (χ3n) is 3.26. The number of carboxylic acids is 1. The van der Waals surface area contributed by atoms with E-state index in [4.69, 9.17) is 5.11 Å². The van der Waals surface area contributed by atoms with Crippen LogP contribution in [0.1, 0.15) is 12.0 Å². The van der Waals surface area contributed by atoms with Crippen molar-refractivity contribution < 1.29 is 14.7 Å². The van der Waals surface area contributed by atoms with Crippen LogP contribution in [0, 0.1) is 5.92 Å². The van der Waals surface area contributed by atoms with Crippen molar-refractivity contribution in [2.75, 3.05) is 13.1 Å². The highest BCUT2D eigenvalue weighted by Gasteiger charge is 2.24. The number of hydrogen-bond acceptors (Lipinski definition) is 3. The maximum absolute atomic E-state index is 11.7. The quantitative estimate of drug-likeness (QED) is 0.694. The van der Waals surface area contributed by atoms with Crippen LogP contribution in [0.15, 0.2) is 30.3 Å². The fourth-order valence-electron chi connectivity index (χ4n) is 2.06. The summed E-state index contributed by atoms with van der Waals surface area (Å²) in [6, 6.07) is 8.45. The number of carboxylic acid groups (broad SMARTS) is 1. The highest BCUT2D eigenvalue weighted by Crippen LogP contribution is 2.09. The van der Waals surface area contributed by atoms with Gasteiger partial charge in [-0.3, -0.25) is 4.79 Å². The molecule has 5 nitrogen and oxygen atoms in total. The number of amides is 1. The molecule has 1 aromatic rings. The lowest BCUT2D eigenvalue weighted by molar-refractivity contribution is -0.142. The van der Waals surface area contributed by atoms with E-state index in [1.165, 1.54) is 0 Å². The van der Waals surface area contributed by atoms with Crippen LogP contribution in [0.2, 0.25) is 0 Å². The van der Waals surface area contributed by atoms with Crippen LogP contribution in [-0.2, 0) is 16.0 Å². The van der Waals surface area contributed by atoms with Crippen LogP contribution >= 0.6 is 0 Å². The number of nitrogens with one attached hydrogen (secondary N) is 2. The topological polar surface area (TPSA) is 78.4 Å². The van der Waals surface area contributed by atoms with Gasteiger partial charge in [-0.25, -0.2) is 4.79 Å². The molecule has 0 saturated carbocycles. The maximum Gasteiger partial charge on any atom is 0.326 e. The molecule has 1 fully saturated rings. The molecule has 0 spiro atoms. The largest absolute Gasteiger partial charge is 0.480 e. The van der Waals surface area contributed by atoms with E-state index in [0.29, 0.717) is 18.8 Å². The second-order valence-electron chi connectivity index (χ2n) is 4.88. The standard InChI is InChI=1S/C14H18N2O3/c17-13(7-11-8-15-9-11)16-12(14(18)19)6-10-4-2-1-3-5-10/h1-5,11-12,15H,6-9H2,(H,16,17)(H,18,19)/t12-/m1/s1. The number of carbonyl (C=O) groups is 2. The molecule has 3 N–H and O–H groups in total. The van der Waals surface area contributed by atoms with E-state index in [-0.39, 0.29) is 5.91 Å². The fourth-order valence-corrected chi connectivity index (χ4v) is 2.06. The van der Waals surface area contributed by atoms with Crippen LogP contribution in [0.5, 0.6) is 0 Å². The molecule has 0 aromatic heterocycles. The Balaban J connectivity index is 1.88. The average Bonchev–Trinajstić information content (AvgIpc) is 2.34. The average molecular weight is 262 g/mol. The predicted octanol–water partition coefficient (Wildman–Crippen LogP) is 0.408. The SMILES string of the molecule is O=C(CC1CNC1)N[C@H](Cc1ccccc1)C(=O)O. The highest BCUT2D eigenvalue weighted by atomic mass is 16.4. The molecule has 1 atom stereocenters. The van der Waals surface area contributed by atoms with Crippen molar-refractivity contribution in [3.8, 4) is 0 Å².